The molecule has 7 heteroatoms. The van der Waals surface area contributed by atoms with Crippen molar-refractivity contribution in [2.24, 2.45) is 0 Å². The lowest BCUT2D eigenvalue weighted by Crippen LogP contribution is -2.25. The minimum atomic E-state index is -0.325. The molecule has 0 saturated heterocycles. The highest BCUT2D eigenvalue weighted by Gasteiger charge is 2.15. The summed E-state index contributed by atoms with van der Waals surface area (Å²) < 4.78 is 15.4. The Balaban J connectivity index is 1.66. The summed E-state index contributed by atoms with van der Waals surface area (Å²) >= 11 is 1.44. The first kappa shape index (κ1) is 19.0. The number of nitrogens with zero attached hydrogens (tertiary/aromatic N) is 3. The molecule has 1 amide bonds. The monoisotopic (exact) mass is 384 g/mol. The molecule has 0 aliphatic heterocycles. The van der Waals surface area contributed by atoms with Crippen LogP contribution in [0.4, 0.5) is 4.39 Å². The topological polar surface area (TPSA) is 59.8 Å². The Morgan fingerprint density at radius 1 is 1.37 bits per heavy atom. The van der Waals surface area contributed by atoms with Crippen LogP contribution in [0, 0.1) is 19.7 Å². The van der Waals surface area contributed by atoms with Crippen molar-refractivity contribution in [3.63, 3.8) is 0 Å². The summed E-state index contributed by atoms with van der Waals surface area (Å²) in [4.78, 5) is 16.7. The fourth-order valence-electron chi connectivity index (χ4n) is 2.84. The second kappa shape index (κ2) is 8.26. The van der Waals surface area contributed by atoms with Crippen LogP contribution in [-0.2, 0) is 24.2 Å². The van der Waals surface area contributed by atoms with Gasteiger partial charge in [0.25, 0.3) is 0 Å². The Labute approximate surface area is 161 Å². The van der Waals surface area contributed by atoms with E-state index in [0.29, 0.717) is 11.3 Å². The highest BCUT2D eigenvalue weighted by Crippen LogP contribution is 2.21. The molecule has 27 heavy (non-hydrogen) atoms. The Morgan fingerprint density at radius 2 is 2.15 bits per heavy atom. The van der Waals surface area contributed by atoms with E-state index in [9.17, 15) is 9.18 Å². The van der Waals surface area contributed by atoms with E-state index < -0.39 is 0 Å². The second-order valence-electron chi connectivity index (χ2n) is 6.22. The summed E-state index contributed by atoms with van der Waals surface area (Å²) in [7, 11) is 0. The molecular weight excluding hydrogens is 363 g/mol. The van der Waals surface area contributed by atoms with Gasteiger partial charge in [-0.3, -0.25) is 4.79 Å². The Morgan fingerprint density at radius 3 is 2.89 bits per heavy atom. The normalized spacial score (nSPS) is 10.8. The number of thiazole rings is 1. The van der Waals surface area contributed by atoms with Crippen molar-refractivity contribution in [3.8, 4) is 5.13 Å². The van der Waals surface area contributed by atoms with E-state index in [-0.39, 0.29) is 24.7 Å². The minimum absolute atomic E-state index is 0.143. The van der Waals surface area contributed by atoms with Gasteiger partial charge in [0.15, 0.2) is 0 Å². The maximum absolute atomic E-state index is 13.6. The van der Waals surface area contributed by atoms with Gasteiger partial charge in [-0.05, 0) is 26.3 Å². The number of rotatable bonds is 7. The van der Waals surface area contributed by atoms with Crippen LogP contribution < -0.4 is 5.32 Å². The van der Waals surface area contributed by atoms with Crippen LogP contribution in [0.5, 0.6) is 0 Å². The SMILES string of the molecule is C=CCc1c(C)nn(-c2nc(CC(=O)NCc3ccccc3F)cs2)c1C. The number of amides is 1. The van der Waals surface area contributed by atoms with E-state index in [1.54, 1.807) is 22.9 Å². The lowest BCUT2D eigenvalue weighted by molar-refractivity contribution is -0.120. The smallest absolute Gasteiger partial charge is 0.226 e. The van der Waals surface area contributed by atoms with Crippen LogP contribution in [0.1, 0.15) is 28.2 Å². The molecule has 0 saturated carbocycles. The molecular formula is C20H21FN4OS. The molecule has 0 aliphatic carbocycles. The van der Waals surface area contributed by atoms with Crippen LogP contribution in [0.15, 0.2) is 42.3 Å². The molecule has 0 spiro atoms. The molecule has 0 atom stereocenters. The van der Waals surface area contributed by atoms with Crippen molar-refractivity contribution < 1.29 is 9.18 Å². The van der Waals surface area contributed by atoms with Gasteiger partial charge in [-0.1, -0.05) is 24.3 Å². The fraction of sp³-hybridized carbons (Fsp3) is 0.250. The number of allylic oxidation sites excluding steroid dienone is 1. The Kier molecular flexibility index (Phi) is 5.81. The zero-order chi connectivity index (χ0) is 19.4. The highest BCUT2D eigenvalue weighted by atomic mass is 32.1. The summed E-state index contributed by atoms with van der Waals surface area (Å²) in [5.41, 5.74) is 4.24. The molecule has 1 aromatic carbocycles. The number of aromatic nitrogens is 3. The molecule has 5 nitrogen and oxygen atoms in total. The number of halogens is 1. The molecule has 0 bridgehead atoms. The quantitative estimate of drug-likeness (QED) is 0.632. The van der Waals surface area contributed by atoms with Crippen LogP contribution in [0.3, 0.4) is 0 Å². The lowest BCUT2D eigenvalue weighted by Gasteiger charge is -2.05. The van der Waals surface area contributed by atoms with Crippen LogP contribution >= 0.6 is 11.3 Å². The standard InChI is InChI=1S/C20H21FN4OS/c1-4-7-17-13(2)24-25(14(17)3)20-23-16(12-27-20)10-19(26)22-11-15-8-5-6-9-18(15)21/h4-6,8-9,12H,1,7,10-11H2,2-3H3,(H,22,26). The number of carbonyl (C=O) groups excluding carboxylic acids is 1. The first-order valence-electron chi connectivity index (χ1n) is 8.60. The average molecular weight is 384 g/mol. The maximum Gasteiger partial charge on any atom is 0.226 e. The molecule has 3 rings (SSSR count). The Hall–Kier alpha value is -2.80. The van der Waals surface area contributed by atoms with E-state index >= 15 is 0 Å². The van der Waals surface area contributed by atoms with E-state index in [1.165, 1.54) is 17.4 Å². The molecule has 140 valence electrons. The number of hydrogen-bond acceptors (Lipinski definition) is 4. The molecule has 0 fully saturated rings. The zero-order valence-electron chi connectivity index (χ0n) is 15.3. The zero-order valence-corrected chi connectivity index (χ0v) is 16.1. The van der Waals surface area contributed by atoms with Gasteiger partial charge in [0.2, 0.25) is 11.0 Å². The van der Waals surface area contributed by atoms with Gasteiger partial charge >= 0.3 is 0 Å². The number of aryl methyl sites for hydroxylation is 1. The molecule has 3 aromatic rings. The third kappa shape index (κ3) is 4.31. The fourth-order valence-corrected chi connectivity index (χ4v) is 3.66. The van der Waals surface area contributed by atoms with Gasteiger partial charge in [-0.2, -0.15) is 5.10 Å². The third-order valence-electron chi connectivity index (χ3n) is 4.29. The first-order valence-corrected chi connectivity index (χ1v) is 9.48. The van der Waals surface area contributed by atoms with E-state index in [4.69, 9.17) is 0 Å². The van der Waals surface area contributed by atoms with E-state index in [1.807, 2.05) is 25.3 Å². The second-order valence-corrected chi connectivity index (χ2v) is 7.06. The van der Waals surface area contributed by atoms with Crippen LogP contribution in [-0.4, -0.2) is 20.7 Å². The van der Waals surface area contributed by atoms with Crippen LogP contribution in [0.25, 0.3) is 5.13 Å². The van der Waals surface area contributed by atoms with Gasteiger partial charge in [0, 0.05) is 28.7 Å². The Bertz CT molecular complexity index is 976. The number of hydrogen-bond donors (Lipinski definition) is 1. The molecule has 0 aliphatic rings. The average Bonchev–Trinajstić information content (AvgIpc) is 3.21. The summed E-state index contributed by atoms with van der Waals surface area (Å²) in [6.45, 7) is 7.91. The van der Waals surface area contributed by atoms with Crippen LogP contribution in [0.2, 0.25) is 0 Å². The molecule has 1 N–H and O–H groups in total. The summed E-state index contributed by atoms with van der Waals surface area (Å²) in [5, 5.41) is 9.86. The predicted octanol–water partition coefficient (Wildman–Crippen LogP) is 3.67. The van der Waals surface area contributed by atoms with Crippen molar-refractivity contribution in [1.29, 1.82) is 0 Å². The van der Waals surface area contributed by atoms with Crippen molar-refractivity contribution in [1.82, 2.24) is 20.1 Å². The minimum Gasteiger partial charge on any atom is -0.352 e. The van der Waals surface area contributed by atoms with Gasteiger partial charge in [0.1, 0.15) is 5.82 Å². The van der Waals surface area contributed by atoms with Crippen molar-refractivity contribution in [3.05, 3.63) is 76.3 Å². The number of nitrogens with one attached hydrogen (secondary N) is 1. The van der Waals surface area contributed by atoms with E-state index in [2.05, 4.69) is 22.0 Å². The van der Waals surface area contributed by atoms with Gasteiger partial charge in [0.05, 0.1) is 17.8 Å². The van der Waals surface area contributed by atoms with E-state index in [0.717, 1.165) is 28.5 Å². The largest absolute Gasteiger partial charge is 0.352 e. The molecule has 2 heterocycles. The summed E-state index contributed by atoms with van der Waals surface area (Å²) in [6, 6.07) is 6.40. The lowest BCUT2D eigenvalue weighted by atomic mass is 10.1. The van der Waals surface area contributed by atoms with Gasteiger partial charge < -0.3 is 5.32 Å². The van der Waals surface area contributed by atoms with Crippen molar-refractivity contribution in [2.45, 2.75) is 33.2 Å². The molecule has 0 unspecified atom stereocenters. The first-order chi connectivity index (χ1) is 13.0. The van der Waals surface area contributed by atoms with Gasteiger partial charge in [-0.25, -0.2) is 14.1 Å². The van der Waals surface area contributed by atoms with Gasteiger partial charge in [-0.15, -0.1) is 17.9 Å². The van der Waals surface area contributed by atoms with Crippen molar-refractivity contribution >= 4 is 17.2 Å². The highest BCUT2D eigenvalue weighted by molar-refractivity contribution is 7.12. The molecule has 0 radical (unpaired) electrons. The number of benzene rings is 1. The summed E-state index contributed by atoms with van der Waals surface area (Å²) in [6.07, 6.45) is 2.76. The number of carbonyl (C=O) groups is 1. The summed E-state index contributed by atoms with van der Waals surface area (Å²) in [5.74, 6) is -0.524. The van der Waals surface area contributed by atoms with Crippen molar-refractivity contribution in [2.75, 3.05) is 0 Å². The third-order valence-corrected chi connectivity index (χ3v) is 5.15. The maximum atomic E-state index is 13.6. The predicted molar refractivity (Wildman–Crippen MR) is 105 cm³/mol. The molecule has 2 aromatic heterocycles.